The average molecular weight is 588 g/mol. The van der Waals surface area contributed by atoms with Gasteiger partial charge in [0.2, 0.25) is 5.91 Å². The third kappa shape index (κ3) is 5.30. The van der Waals surface area contributed by atoms with Gasteiger partial charge in [-0.05, 0) is 80.2 Å². The smallest absolute Gasteiger partial charge is 0.337 e. The fourth-order valence-electron chi connectivity index (χ4n) is 5.29. The van der Waals surface area contributed by atoms with E-state index in [1.165, 1.54) is 0 Å². The van der Waals surface area contributed by atoms with Crippen molar-refractivity contribution >= 4 is 52.2 Å². The number of para-hydroxylation sites is 1. The van der Waals surface area contributed by atoms with E-state index in [9.17, 15) is 14.7 Å². The molecule has 5 rings (SSSR count). The Morgan fingerprint density at radius 3 is 2.46 bits per heavy atom. The molecule has 0 radical (unpaired) electrons. The molecule has 2 aromatic heterocycles. The van der Waals surface area contributed by atoms with Gasteiger partial charge in [0.1, 0.15) is 0 Å². The zero-order valence-corrected chi connectivity index (χ0v) is 24.6. The summed E-state index contributed by atoms with van der Waals surface area (Å²) in [4.78, 5) is 31.0. The molecular weight excluding hydrogens is 558 g/mol. The van der Waals surface area contributed by atoms with Crippen molar-refractivity contribution in [1.29, 1.82) is 0 Å². The normalized spacial score (nSPS) is 16.6. The number of benzene rings is 2. The van der Waals surface area contributed by atoms with Gasteiger partial charge in [0.15, 0.2) is 5.11 Å². The molecule has 1 aliphatic heterocycles. The van der Waals surface area contributed by atoms with Crippen molar-refractivity contribution in [2.24, 2.45) is 5.92 Å². The first-order chi connectivity index (χ1) is 19.6. The third-order valence-electron chi connectivity index (χ3n) is 7.28. The van der Waals surface area contributed by atoms with Crippen LogP contribution in [0.4, 0.5) is 11.4 Å². The van der Waals surface area contributed by atoms with Crippen LogP contribution in [0.15, 0.2) is 72.9 Å². The molecule has 4 aromatic rings. The summed E-state index contributed by atoms with van der Waals surface area (Å²) in [6.07, 6.45) is 1.75. The minimum atomic E-state index is -0.995. The van der Waals surface area contributed by atoms with Crippen molar-refractivity contribution in [3.63, 3.8) is 0 Å². The number of carbonyl (C=O) groups excluding carboxylic acids is 1. The van der Waals surface area contributed by atoms with Crippen LogP contribution in [0, 0.1) is 19.8 Å². The highest BCUT2D eigenvalue weighted by molar-refractivity contribution is 7.80. The number of pyridine rings is 1. The van der Waals surface area contributed by atoms with Crippen molar-refractivity contribution < 1.29 is 14.7 Å². The van der Waals surface area contributed by atoms with Crippen LogP contribution in [-0.2, 0) is 4.79 Å². The minimum absolute atomic E-state index is 0.125. The Kier molecular flexibility index (Phi) is 7.84. The highest BCUT2D eigenvalue weighted by Gasteiger charge is 2.42. The molecule has 3 N–H and O–H groups in total. The molecule has 0 saturated carbocycles. The van der Waals surface area contributed by atoms with Crippen molar-refractivity contribution in [1.82, 2.24) is 14.9 Å². The van der Waals surface area contributed by atoms with Gasteiger partial charge >= 0.3 is 5.97 Å². The van der Waals surface area contributed by atoms with Gasteiger partial charge in [0.25, 0.3) is 0 Å². The van der Waals surface area contributed by atoms with Gasteiger partial charge in [-0.25, -0.2) is 4.79 Å². The summed E-state index contributed by atoms with van der Waals surface area (Å²) in [7, 11) is 0. The standard InChI is InChI=1S/C31H30ClN5O3S/c1-17(2)29(38)34-24-13-12-20(16-23(24)32)37-28(27(35-31(37)41)25-10-7-8-14-33-25)22-15-18(3)36(19(22)4)26-11-6-5-9-21(26)30(39)40/h5-17,27-28H,1-4H3,(H,34,38)(H,35,41)(H,39,40). The second kappa shape index (κ2) is 11.3. The van der Waals surface area contributed by atoms with Crippen molar-refractivity contribution in [2.45, 2.75) is 39.8 Å². The maximum absolute atomic E-state index is 12.3. The van der Waals surface area contributed by atoms with Gasteiger partial charge in [0, 0.05) is 29.2 Å². The fraction of sp³-hybridized carbons (Fsp3) is 0.226. The van der Waals surface area contributed by atoms with Crippen molar-refractivity contribution in [2.75, 3.05) is 10.2 Å². The first-order valence-electron chi connectivity index (χ1n) is 13.2. The van der Waals surface area contributed by atoms with Crippen LogP contribution in [0.5, 0.6) is 0 Å². The number of aryl methyl sites for hydroxylation is 1. The van der Waals surface area contributed by atoms with E-state index in [-0.39, 0.29) is 29.5 Å². The molecular formula is C31H30ClN5O3S. The number of aromatic carboxylic acids is 1. The van der Waals surface area contributed by atoms with Gasteiger partial charge in [-0.3, -0.25) is 9.78 Å². The lowest BCUT2D eigenvalue weighted by atomic mass is 9.96. The number of halogens is 1. The highest BCUT2D eigenvalue weighted by Crippen LogP contribution is 2.45. The molecule has 41 heavy (non-hydrogen) atoms. The minimum Gasteiger partial charge on any atom is -0.478 e. The van der Waals surface area contributed by atoms with Crippen molar-refractivity contribution in [3.8, 4) is 5.69 Å². The second-order valence-corrected chi connectivity index (χ2v) is 11.1. The molecule has 3 heterocycles. The Balaban J connectivity index is 1.65. The molecule has 0 spiro atoms. The lowest BCUT2D eigenvalue weighted by Crippen LogP contribution is -2.29. The number of nitrogens with one attached hydrogen (secondary N) is 2. The molecule has 0 aliphatic carbocycles. The Bertz CT molecular complexity index is 1650. The van der Waals surface area contributed by atoms with Crippen LogP contribution in [0.2, 0.25) is 5.02 Å². The van der Waals surface area contributed by atoms with E-state index in [4.69, 9.17) is 23.8 Å². The topological polar surface area (TPSA) is 99.5 Å². The summed E-state index contributed by atoms with van der Waals surface area (Å²) < 4.78 is 1.96. The average Bonchev–Trinajstić information content (AvgIpc) is 3.44. The quantitative estimate of drug-likeness (QED) is 0.209. The summed E-state index contributed by atoms with van der Waals surface area (Å²) in [6, 6.07) is 19.6. The molecule has 1 amide bonds. The van der Waals surface area contributed by atoms with Crippen LogP contribution in [0.1, 0.15) is 58.9 Å². The summed E-state index contributed by atoms with van der Waals surface area (Å²) >= 11 is 12.5. The number of hydrogen-bond acceptors (Lipinski definition) is 4. The highest BCUT2D eigenvalue weighted by atomic mass is 35.5. The lowest BCUT2D eigenvalue weighted by Gasteiger charge is -2.28. The Morgan fingerprint density at radius 1 is 1.07 bits per heavy atom. The molecule has 2 aromatic carbocycles. The van der Waals surface area contributed by atoms with E-state index in [0.717, 1.165) is 28.3 Å². The largest absolute Gasteiger partial charge is 0.478 e. The van der Waals surface area contributed by atoms with Gasteiger partial charge < -0.3 is 25.2 Å². The van der Waals surface area contributed by atoms with E-state index in [0.29, 0.717) is 21.5 Å². The van der Waals surface area contributed by atoms with Crippen LogP contribution in [0.3, 0.4) is 0 Å². The molecule has 1 aliphatic rings. The first-order valence-corrected chi connectivity index (χ1v) is 14.0. The van der Waals surface area contributed by atoms with Gasteiger partial charge in [-0.15, -0.1) is 0 Å². The number of thiocarbonyl (C=S) groups is 1. The van der Waals surface area contributed by atoms with Crippen LogP contribution in [0.25, 0.3) is 5.69 Å². The summed E-state index contributed by atoms with van der Waals surface area (Å²) in [5.74, 6) is -1.31. The number of amides is 1. The maximum Gasteiger partial charge on any atom is 0.337 e. The third-order valence-corrected chi connectivity index (χ3v) is 7.90. The molecule has 2 unspecified atom stereocenters. The number of rotatable bonds is 7. The first kappa shape index (κ1) is 28.3. The number of nitrogens with zero attached hydrogens (tertiary/aromatic N) is 3. The van der Waals surface area contributed by atoms with Crippen molar-refractivity contribution in [3.05, 3.63) is 106 Å². The summed E-state index contributed by atoms with van der Waals surface area (Å²) in [5, 5.41) is 17.1. The number of anilines is 2. The Morgan fingerprint density at radius 2 is 1.80 bits per heavy atom. The number of carboxylic acids is 1. The molecule has 1 fully saturated rings. The fourth-order valence-corrected chi connectivity index (χ4v) is 5.86. The van der Waals surface area contributed by atoms with Crippen LogP contribution in [-0.4, -0.2) is 31.6 Å². The molecule has 210 valence electrons. The SMILES string of the molecule is Cc1cc(C2C(c3ccccn3)NC(=S)N2c2ccc(NC(=O)C(C)C)c(Cl)c2)c(C)n1-c1ccccc1C(=O)O. The molecule has 8 nitrogen and oxygen atoms in total. The van der Waals surface area contributed by atoms with Gasteiger partial charge in [0.05, 0.1) is 39.7 Å². The number of carbonyl (C=O) groups is 2. The Hall–Kier alpha value is -4.21. The molecule has 2 atom stereocenters. The lowest BCUT2D eigenvalue weighted by molar-refractivity contribution is -0.118. The zero-order chi connectivity index (χ0) is 29.4. The summed E-state index contributed by atoms with van der Waals surface area (Å²) in [5.41, 5.74) is 5.60. The van der Waals surface area contributed by atoms with Gasteiger partial charge in [-0.1, -0.05) is 43.6 Å². The van der Waals surface area contributed by atoms with E-state index in [1.807, 2.05) is 73.6 Å². The molecule has 10 heteroatoms. The summed E-state index contributed by atoms with van der Waals surface area (Å²) in [6.45, 7) is 7.58. The molecule has 0 bridgehead atoms. The predicted molar refractivity (Wildman–Crippen MR) is 165 cm³/mol. The zero-order valence-electron chi connectivity index (χ0n) is 23.1. The van der Waals surface area contributed by atoms with Gasteiger partial charge in [-0.2, -0.15) is 0 Å². The van der Waals surface area contributed by atoms with E-state index < -0.39 is 5.97 Å². The van der Waals surface area contributed by atoms with E-state index >= 15 is 0 Å². The second-order valence-electron chi connectivity index (χ2n) is 10.3. The van der Waals surface area contributed by atoms with E-state index in [1.54, 1.807) is 30.5 Å². The Labute approximate surface area is 249 Å². The monoisotopic (exact) mass is 587 g/mol. The predicted octanol–water partition coefficient (Wildman–Crippen LogP) is 6.61. The number of aromatic nitrogens is 2. The van der Waals surface area contributed by atoms with Crippen LogP contribution < -0.4 is 15.5 Å². The number of carboxylic acid groups (broad SMARTS) is 1. The maximum atomic E-state index is 12.3. The van der Waals surface area contributed by atoms with Crippen LogP contribution >= 0.6 is 23.8 Å². The molecule has 1 saturated heterocycles. The number of hydrogen-bond donors (Lipinski definition) is 3. The van der Waals surface area contributed by atoms with E-state index in [2.05, 4.69) is 21.7 Å².